The molecule has 32 heavy (non-hydrogen) atoms. The van der Waals surface area contributed by atoms with Gasteiger partial charge in [-0.15, -0.1) is 16.4 Å². The molecule has 2 aliphatic heterocycles. The van der Waals surface area contributed by atoms with Gasteiger partial charge < -0.3 is 15.4 Å². The summed E-state index contributed by atoms with van der Waals surface area (Å²) in [5, 5.41) is 17.2. The number of nitrogens with zero attached hydrogens (tertiary/aromatic N) is 2. The van der Waals surface area contributed by atoms with Crippen molar-refractivity contribution >= 4 is 27.2 Å². The Kier molecular flexibility index (Phi) is 5.57. The molecule has 168 valence electrons. The molecular weight excluding hydrogens is 423 g/mol. The minimum atomic E-state index is -0.193. The van der Waals surface area contributed by atoms with Crippen molar-refractivity contribution in [3.8, 4) is 10.4 Å². The van der Waals surface area contributed by atoms with Gasteiger partial charge in [-0.2, -0.15) is 5.10 Å². The molecule has 0 unspecified atom stereocenters. The highest BCUT2D eigenvalue weighted by Crippen LogP contribution is 2.43. The van der Waals surface area contributed by atoms with E-state index < -0.39 is 0 Å². The Morgan fingerprint density at radius 1 is 1.19 bits per heavy atom. The van der Waals surface area contributed by atoms with Crippen molar-refractivity contribution in [1.82, 2.24) is 15.5 Å². The minimum Gasteiger partial charge on any atom is -0.381 e. The van der Waals surface area contributed by atoms with Crippen LogP contribution in [0.15, 0.2) is 36.5 Å². The van der Waals surface area contributed by atoms with Crippen molar-refractivity contribution in [3.05, 3.63) is 42.3 Å². The average Bonchev–Trinajstić information content (AvgIpc) is 3.51. The maximum absolute atomic E-state index is 14.3. The van der Waals surface area contributed by atoms with E-state index in [1.165, 1.54) is 38.2 Å². The molecule has 0 bridgehead atoms. The summed E-state index contributed by atoms with van der Waals surface area (Å²) in [7, 11) is 0. The van der Waals surface area contributed by atoms with Crippen LogP contribution in [-0.4, -0.2) is 42.0 Å². The van der Waals surface area contributed by atoms with Gasteiger partial charge in [-0.3, -0.25) is 0 Å². The van der Waals surface area contributed by atoms with Crippen LogP contribution in [0, 0.1) is 23.6 Å². The zero-order chi connectivity index (χ0) is 21.5. The number of benzene rings is 1. The maximum Gasteiger partial charge on any atom is 0.166 e. The van der Waals surface area contributed by atoms with Gasteiger partial charge in [0.25, 0.3) is 0 Å². The van der Waals surface area contributed by atoms with Crippen LogP contribution < -0.4 is 10.6 Å². The van der Waals surface area contributed by atoms with Gasteiger partial charge in [-0.25, -0.2) is 4.39 Å². The second-order valence-corrected chi connectivity index (χ2v) is 10.7. The van der Waals surface area contributed by atoms with Crippen molar-refractivity contribution < 1.29 is 9.13 Å². The normalized spacial score (nSPS) is 28.3. The molecule has 2 N–H and O–H groups in total. The van der Waals surface area contributed by atoms with Crippen LogP contribution in [0.3, 0.4) is 0 Å². The largest absolute Gasteiger partial charge is 0.381 e. The van der Waals surface area contributed by atoms with Crippen LogP contribution >= 0.6 is 11.3 Å². The lowest BCUT2D eigenvalue weighted by Crippen LogP contribution is -2.33. The lowest BCUT2D eigenvalue weighted by atomic mass is 9.85. The number of ether oxygens (including phenoxy) is 1. The van der Waals surface area contributed by atoms with Crippen LogP contribution in [0.25, 0.3) is 20.5 Å². The minimum absolute atomic E-state index is 0.193. The Hall–Kier alpha value is -2.09. The molecule has 6 rings (SSSR count). The number of fused-ring (bicyclic) bond motifs is 2. The number of anilines is 1. The zero-order valence-electron chi connectivity index (χ0n) is 18.1. The molecule has 3 aliphatic rings. The molecule has 2 saturated heterocycles. The fourth-order valence-corrected chi connectivity index (χ4v) is 7.13. The summed E-state index contributed by atoms with van der Waals surface area (Å²) in [6.07, 6.45) is 7.82. The van der Waals surface area contributed by atoms with E-state index in [0.717, 1.165) is 58.3 Å². The van der Waals surface area contributed by atoms with E-state index in [1.54, 1.807) is 23.6 Å². The van der Waals surface area contributed by atoms with E-state index >= 15 is 0 Å². The summed E-state index contributed by atoms with van der Waals surface area (Å²) in [6, 6.07) is 10.0. The van der Waals surface area contributed by atoms with Crippen LogP contribution in [0.2, 0.25) is 0 Å². The van der Waals surface area contributed by atoms with Crippen molar-refractivity contribution in [2.24, 2.45) is 17.8 Å². The summed E-state index contributed by atoms with van der Waals surface area (Å²) < 4.78 is 20.9. The summed E-state index contributed by atoms with van der Waals surface area (Å²) in [5.41, 5.74) is 0.636. The highest BCUT2D eigenvalue weighted by molar-refractivity contribution is 7.22. The Morgan fingerprint density at radius 2 is 2.06 bits per heavy atom. The zero-order valence-corrected chi connectivity index (χ0v) is 18.9. The monoisotopic (exact) mass is 452 g/mol. The molecule has 3 fully saturated rings. The third-order valence-electron chi connectivity index (χ3n) is 7.65. The summed E-state index contributed by atoms with van der Waals surface area (Å²) in [6.45, 7) is 2.98. The number of hydrogen-bond donors (Lipinski definition) is 2. The topological polar surface area (TPSA) is 59.1 Å². The van der Waals surface area contributed by atoms with Crippen molar-refractivity contribution in [2.75, 3.05) is 25.1 Å². The molecule has 5 nitrogen and oxygen atoms in total. The molecule has 1 aliphatic carbocycles. The van der Waals surface area contributed by atoms with Gasteiger partial charge in [0.2, 0.25) is 0 Å². The van der Waals surface area contributed by atoms with Crippen LogP contribution in [-0.2, 0) is 4.74 Å². The summed E-state index contributed by atoms with van der Waals surface area (Å²) in [5.74, 6) is 2.92. The van der Waals surface area contributed by atoms with Crippen molar-refractivity contribution in [1.29, 1.82) is 0 Å². The second kappa shape index (κ2) is 8.69. The quantitative estimate of drug-likeness (QED) is 0.565. The molecule has 0 amide bonds. The smallest absolute Gasteiger partial charge is 0.166 e. The van der Waals surface area contributed by atoms with E-state index in [1.807, 2.05) is 18.2 Å². The first-order chi connectivity index (χ1) is 15.7. The molecule has 7 heteroatoms. The highest BCUT2D eigenvalue weighted by atomic mass is 32.1. The molecular formula is C25H29FN4OS. The van der Waals surface area contributed by atoms with E-state index in [2.05, 4.69) is 20.8 Å². The number of rotatable bonds is 5. The van der Waals surface area contributed by atoms with Crippen LogP contribution in [0.4, 0.5) is 10.2 Å². The van der Waals surface area contributed by atoms with Gasteiger partial charge in [0.1, 0.15) is 5.82 Å². The Bertz CT molecular complexity index is 1100. The molecule has 2 aromatic heterocycles. The molecule has 3 aromatic rings. The van der Waals surface area contributed by atoms with Gasteiger partial charge in [0, 0.05) is 41.1 Å². The summed E-state index contributed by atoms with van der Waals surface area (Å²) in [4.78, 5) is 0.917. The number of thiophene rings is 1. The van der Waals surface area contributed by atoms with Crippen molar-refractivity contribution in [3.63, 3.8) is 0 Å². The van der Waals surface area contributed by atoms with Gasteiger partial charge in [0.15, 0.2) is 5.82 Å². The number of nitrogens with one attached hydrogen (secondary N) is 2. The highest BCUT2D eigenvalue weighted by Gasteiger charge is 2.44. The van der Waals surface area contributed by atoms with Crippen LogP contribution in [0.1, 0.15) is 32.1 Å². The Balaban J connectivity index is 1.17. The third-order valence-corrected chi connectivity index (χ3v) is 8.84. The Labute approximate surface area is 191 Å². The SMILES string of the molecule is Fc1ccccc1-c1cc2cnnc(N[C@H]3C[C@@H]4CN[C@@H](CC5CCOCC5)[C@H]4C3)c2s1. The van der Waals surface area contributed by atoms with Crippen LogP contribution in [0.5, 0.6) is 0 Å². The molecule has 4 heterocycles. The fraction of sp³-hybridized carbons (Fsp3) is 0.520. The van der Waals surface area contributed by atoms with E-state index in [4.69, 9.17) is 4.74 Å². The first kappa shape index (κ1) is 20.5. The lowest BCUT2D eigenvalue weighted by molar-refractivity contribution is 0.0594. The molecule has 4 atom stereocenters. The third kappa shape index (κ3) is 3.91. The van der Waals surface area contributed by atoms with Gasteiger partial charge in [-0.1, -0.05) is 18.2 Å². The maximum atomic E-state index is 14.3. The number of aromatic nitrogens is 2. The fourth-order valence-electron chi connectivity index (χ4n) is 6.02. The van der Waals surface area contributed by atoms with E-state index in [9.17, 15) is 4.39 Å². The van der Waals surface area contributed by atoms with Crippen molar-refractivity contribution in [2.45, 2.75) is 44.2 Å². The average molecular weight is 453 g/mol. The molecule has 1 aromatic carbocycles. The van der Waals surface area contributed by atoms with E-state index in [-0.39, 0.29) is 5.82 Å². The standard InChI is InChI=1S/C25H29FN4OS/c26-21-4-2-1-3-19(21)23-11-17-14-28-30-25(24(17)32-23)29-18-10-16-13-27-22(20(16)12-18)9-15-5-7-31-8-6-15/h1-4,11,14-16,18,20,22,27H,5-10,12-13H2,(H,29,30)/t16-,18+,20+,22+/m1/s1. The molecule has 1 saturated carbocycles. The predicted molar refractivity (Wildman–Crippen MR) is 126 cm³/mol. The number of halogens is 1. The number of hydrogen-bond acceptors (Lipinski definition) is 6. The molecule has 0 spiro atoms. The second-order valence-electron chi connectivity index (χ2n) is 9.61. The molecule has 0 radical (unpaired) electrons. The summed E-state index contributed by atoms with van der Waals surface area (Å²) >= 11 is 1.59. The van der Waals surface area contributed by atoms with Gasteiger partial charge in [-0.05, 0) is 68.5 Å². The first-order valence-electron chi connectivity index (χ1n) is 11.8. The predicted octanol–water partition coefficient (Wildman–Crippen LogP) is 5.09. The van der Waals surface area contributed by atoms with Gasteiger partial charge >= 0.3 is 0 Å². The first-order valence-corrected chi connectivity index (χ1v) is 12.6. The van der Waals surface area contributed by atoms with E-state index in [0.29, 0.717) is 17.6 Å². The van der Waals surface area contributed by atoms with Gasteiger partial charge in [0.05, 0.1) is 10.9 Å². The Morgan fingerprint density at radius 3 is 2.94 bits per heavy atom. The lowest BCUT2D eigenvalue weighted by Gasteiger charge is -2.27.